The Morgan fingerprint density at radius 2 is 2.19 bits per heavy atom. The van der Waals surface area contributed by atoms with Crippen LogP contribution in [0.1, 0.15) is 13.3 Å². The van der Waals surface area contributed by atoms with Crippen LogP contribution < -0.4 is 10.5 Å². The van der Waals surface area contributed by atoms with Gasteiger partial charge < -0.3 is 10.5 Å². The summed E-state index contributed by atoms with van der Waals surface area (Å²) in [4.78, 5) is 0. The quantitative estimate of drug-likeness (QED) is 0.801. The van der Waals surface area contributed by atoms with E-state index in [2.05, 4.69) is 12.0 Å². The van der Waals surface area contributed by atoms with E-state index in [0.717, 1.165) is 13.0 Å². The number of nitrogens with two attached hydrogens (primary N) is 1. The fraction of sp³-hybridized carbons (Fsp3) is 0.250. The van der Waals surface area contributed by atoms with Gasteiger partial charge in [0.1, 0.15) is 5.75 Å². The summed E-state index contributed by atoms with van der Waals surface area (Å²) in [5, 5.41) is 4.18. The van der Waals surface area contributed by atoms with Crippen molar-refractivity contribution >= 4 is 5.69 Å². The van der Waals surface area contributed by atoms with Gasteiger partial charge in [0.05, 0.1) is 18.1 Å². The summed E-state index contributed by atoms with van der Waals surface area (Å²) in [6, 6.07) is 7.42. The lowest BCUT2D eigenvalue weighted by molar-refractivity contribution is 0.483. The van der Waals surface area contributed by atoms with E-state index in [-0.39, 0.29) is 0 Å². The molecule has 0 amide bonds. The summed E-state index contributed by atoms with van der Waals surface area (Å²) in [6.07, 6.45) is 4.62. The maximum absolute atomic E-state index is 5.78. The van der Waals surface area contributed by atoms with Crippen LogP contribution in [0.5, 0.6) is 11.5 Å². The Morgan fingerprint density at radius 3 is 2.94 bits per heavy atom. The molecule has 84 valence electrons. The molecule has 0 saturated carbocycles. The van der Waals surface area contributed by atoms with Crippen molar-refractivity contribution in [3.63, 3.8) is 0 Å². The molecule has 1 aromatic carbocycles. The molecule has 4 heteroatoms. The number of hydrogen-bond donors (Lipinski definition) is 1. The van der Waals surface area contributed by atoms with Gasteiger partial charge in [-0.25, -0.2) is 0 Å². The highest BCUT2D eigenvalue weighted by Crippen LogP contribution is 2.26. The van der Waals surface area contributed by atoms with Crippen molar-refractivity contribution in [3.8, 4) is 11.5 Å². The molecular weight excluding hydrogens is 202 g/mol. The number of anilines is 1. The molecule has 2 rings (SSSR count). The van der Waals surface area contributed by atoms with Gasteiger partial charge in [-0.1, -0.05) is 19.1 Å². The summed E-state index contributed by atoms with van der Waals surface area (Å²) in [5.41, 5.74) is 6.41. The number of aryl methyl sites for hydroxylation is 1. The highest BCUT2D eigenvalue weighted by Gasteiger charge is 2.03. The number of nitrogens with zero attached hydrogens (tertiary/aromatic N) is 2. The first-order chi connectivity index (χ1) is 7.79. The van der Waals surface area contributed by atoms with E-state index in [1.165, 1.54) is 0 Å². The van der Waals surface area contributed by atoms with E-state index in [4.69, 9.17) is 10.5 Å². The van der Waals surface area contributed by atoms with Crippen molar-refractivity contribution in [2.45, 2.75) is 19.9 Å². The molecule has 0 unspecified atom stereocenters. The summed E-state index contributed by atoms with van der Waals surface area (Å²) < 4.78 is 7.48. The fourth-order valence-electron chi connectivity index (χ4n) is 1.45. The van der Waals surface area contributed by atoms with Crippen LogP contribution in [-0.4, -0.2) is 9.78 Å². The normalized spacial score (nSPS) is 10.3. The third kappa shape index (κ3) is 2.34. The second kappa shape index (κ2) is 4.70. The first-order valence-electron chi connectivity index (χ1n) is 5.34. The molecule has 0 aliphatic heterocycles. The van der Waals surface area contributed by atoms with Gasteiger partial charge in [-0.2, -0.15) is 5.10 Å². The molecule has 1 aromatic heterocycles. The van der Waals surface area contributed by atoms with Gasteiger partial charge in [0.15, 0.2) is 5.75 Å². The van der Waals surface area contributed by atoms with E-state index in [9.17, 15) is 0 Å². The van der Waals surface area contributed by atoms with Crippen LogP contribution in [0.2, 0.25) is 0 Å². The standard InChI is InChI=1S/C12H15N3O/c1-2-7-15-9-10(8-14-15)16-12-6-4-3-5-11(12)13/h3-6,8-9H,2,7,13H2,1H3. The minimum Gasteiger partial charge on any atom is -0.452 e. The molecule has 1 heterocycles. The highest BCUT2D eigenvalue weighted by atomic mass is 16.5. The Labute approximate surface area is 94.6 Å². The molecule has 0 radical (unpaired) electrons. The van der Waals surface area contributed by atoms with Gasteiger partial charge in [0.25, 0.3) is 0 Å². The zero-order chi connectivity index (χ0) is 11.4. The Hall–Kier alpha value is -1.97. The van der Waals surface area contributed by atoms with Crippen molar-refractivity contribution in [1.82, 2.24) is 9.78 Å². The number of hydrogen-bond acceptors (Lipinski definition) is 3. The van der Waals surface area contributed by atoms with E-state index in [1.807, 2.05) is 35.1 Å². The van der Waals surface area contributed by atoms with Crippen LogP contribution in [0.25, 0.3) is 0 Å². The Balaban J connectivity index is 2.11. The maximum Gasteiger partial charge on any atom is 0.165 e. The average molecular weight is 217 g/mol. The van der Waals surface area contributed by atoms with E-state index >= 15 is 0 Å². The minimum atomic E-state index is 0.630. The molecule has 2 N–H and O–H groups in total. The Bertz CT molecular complexity index is 465. The molecule has 0 fully saturated rings. The summed E-state index contributed by atoms with van der Waals surface area (Å²) in [6.45, 7) is 3.00. The Morgan fingerprint density at radius 1 is 1.38 bits per heavy atom. The molecule has 0 atom stereocenters. The molecule has 16 heavy (non-hydrogen) atoms. The lowest BCUT2D eigenvalue weighted by atomic mass is 10.3. The SMILES string of the molecule is CCCn1cc(Oc2ccccc2N)cn1. The van der Waals surface area contributed by atoms with Gasteiger partial charge in [0, 0.05) is 6.54 Å². The second-order valence-electron chi connectivity index (χ2n) is 3.58. The van der Waals surface area contributed by atoms with Crippen LogP contribution in [0.3, 0.4) is 0 Å². The van der Waals surface area contributed by atoms with Gasteiger partial charge in [-0.05, 0) is 18.6 Å². The average Bonchev–Trinajstić information content (AvgIpc) is 2.70. The van der Waals surface area contributed by atoms with E-state index in [0.29, 0.717) is 17.2 Å². The third-order valence-electron chi connectivity index (χ3n) is 2.21. The lowest BCUT2D eigenvalue weighted by Gasteiger charge is -2.04. The molecule has 0 bridgehead atoms. The topological polar surface area (TPSA) is 53.1 Å². The van der Waals surface area contributed by atoms with Crippen molar-refractivity contribution in [3.05, 3.63) is 36.7 Å². The minimum absolute atomic E-state index is 0.630. The number of benzene rings is 1. The highest BCUT2D eigenvalue weighted by molar-refractivity contribution is 5.53. The number of rotatable bonds is 4. The number of aromatic nitrogens is 2. The molecular formula is C12H15N3O. The molecule has 0 aliphatic rings. The zero-order valence-electron chi connectivity index (χ0n) is 9.26. The van der Waals surface area contributed by atoms with Crippen LogP contribution in [0.4, 0.5) is 5.69 Å². The molecule has 2 aromatic rings. The predicted molar refractivity (Wildman–Crippen MR) is 63.4 cm³/mol. The number of para-hydroxylation sites is 2. The fourth-order valence-corrected chi connectivity index (χ4v) is 1.45. The van der Waals surface area contributed by atoms with Gasteiger partial charge in [-0.3, -0.25) is 4.68 Å². The lowest BCUT2D eigenvalue weighted by Crippen LogP contribution is -1.95. The smallest absolute Gasteiger partial charge is 0.165 e. The maximum atomic E-state index is 5.78. The largest absolute Gasteiger partial charge is 0.452 e. The van der Waals surface area contributed by atoms with Gasteiger partial charge in [-0.15, -0.1) is 0 Å². The van der Waals surface area contributed by atoms with Crippen molar-refractivity contribution in [2.24, 2.45) is 0 Å². The summed E-state index contributed by atoms with van der Waals surface area (Å²) >= 11 is 0. The van der Waals surface area contributed by atoms with Crippen LogP contribution in [-0.2, 0) is 6.54 Å². The zero-order valence-corrected chi connectivity index (χ0v) is 9.26. The van der Waals surface area contributed by atoms with E-state index in [1.54, 1.807) is 6.20 Å². The van der Waals surface area contributed by atoms with Gasteiger partial charge in [0.2, 0.25) is 0 Å². The summed E-state index contributed by atoms with van der Waals surface area (Å²) in [5.74, 6) is 1.38. The first kappa shape index (κ1) is 10.5. The molecule has 0 saturated heterocycles. The van der Waals surface area contributed by atoms with Crippen molar-refractivity contribution < 1.29 is 4.74 Å². The van der Waals surface area contributed by atoms with Crippen molar-refractivity contribution in [1.29, 1.82) is 0 Å². The summed E-state index contributed by atoms with van der Waals surface area (Å²) in [7, 11) is 0. The first-order valence-corrected chi connectivity index (χ1v) is 5.34. The third-order valence-corrected chi connectivity index (χ3v) is 2.21. The van der Waals surface area contributed by atoms with Crippen LogP contribution in [0.15, 0.2) is 36.7 Å². The Kier molecular flexibility index (Phi) is 3.10. The van der Waals surface area contributed by atoms with E-state index < -0.39 is 0 Å². The second-order valence-corrected chi connectivity index (χ2v) is 3.58. The molecule has 0 spiro atoms. The van der Waals surface area contributed by atoms with Gasteiger partial charge >= 0.3 is 0 Å². The van der Waals surface area contributed by atoms with Crippen molar-refractivity contribution in [2.75, 3.05) is 5.73 Å². The van der Waals surface area contributed by atoms with Crippen LogP contribution in [0, 0.1) is 0 Å². The molecule has 0 aliphatic carbocycles. The number of nitrogen functional groups attached to an aromatic ring is 1. The number of ether oxygens (including phenoxy) is 1. The van der Waals surface area contributed by atoms with Crippen LogP contribution >= 0.6 is 0 Å². The molecule has 4 nitrogen and oxygen atoms in total. The monoisotopic (exact) mass is 217 g/mol. The predicted octanol–water partition coefficient (Wildman–Crippen LogP) is 2.67.